The summed E-state index contributed by atoms with van der Waals surface area (Å²) in [4.78, 5) is 35.0. The van der Waals surface area contributed by atoms with Gasteiger partial charge in [-0.25, -0.2) is 4.79 Å². The Morgan fingerprint density at radius 3 is 2.45 bits per heavy atom. The average molecular weight is 296 g/mol. The smallest absolute Gasteiger partial charge is 0.405 e. The molecule has 2 amide bonds. The first-order chi connectivity index (χ1) is 9.20. The number of likely N-dealkylation sites (tertiary alicyclic amines) is 1. The fourth-order valence-electron chi connectivity index (χ4n) is 1.99. The number of rotatable bonds is 4. The molecule has 114 valence electrons. The van der Waals surface area contributed by atoms with Crippen LogP contribution in [0.2, 0.25) is 0 Å². The quantitative estimate of drug-likeness (QED) is 0.741. The molecule has 9 heteroatoms. The van der Waals surface area contributed by atoms with Crippen LogP contribution in [0.3, 0.4) is 0 Å². The number of hydrogen-bond acceptors (Lipinski definition) is 3. The SMILES string of the molecule is O=C(CC(=O)N1CCCC[C@@H]1C(=O)O)NCC(F)(F)F. The number of carbonyl (C=O) groups excluding carboxylic acids is 2. The van der Waals surface area contributed by atoms with E-state index in [9.17, 15) is 27.6 Å². The van der Waals surface area contributed by atoms with Crippen LogP contribution in [0, 0.1) is 0 Å². The number of nitrogens with zero attached hydrogens (tertiary/aromatic N) is 1. The molecule has 20 heavy (non-hydrogen) atoms. The van der Waals surface area contributed by atoms with Gasteiger partial charge in [0.25, 0.3) is 0 Å². The highest BCUT2D eigenvalue weighted by atomic mass is 19.4. The molecule has 2 N–H and O–H groups in total. The average Bonchev–Trinajstić information content (AvgIpc) is 2.35. The molecule has 0 aromatic carbocycles. The number of carbonyl (C=O) groups is 3. The molecule has 1 rings (SSSR count). The Hall–Kier alpha value is -1.80. The third-order valence-electron chi connectivity index (χ3n) is 2.91. The lowest BCUT2D eigenvalue weighted by Gasteiger charge is -2.32. The second kappa shape index (κ2) is 6.58. The molecule has 0 bridgehead atoms. The number of hydrogen-bond donors (Lipinski definition) is 2. The molecule has 1 atom stereocenters. The third-order valence-corrected chi connectivity index (χ3v) is 2.91. The zero-order valence-electron chi connectivity index (χ0n) is 10.6. The molecule has 1 heterocycles. The summed E-state index contributed by atoms with van der Waals surface area (Å²) in [5, 5.41) is 10.5. The zero-order chi connectivity index (χ0) is 15.3. The molecule has 0 unspecified atom stereocenters. The van der Waals surface area contributed by atoms with Crippen molar-refractivity contribution < 1.29 is 32.7 Å². The summed E-state index contributed by atoms with van der Waals surface area (Å²) in [5.41, 5.74) is 0. The van der Waals surface area contributed by atoms with E-state index in [0.29, 0.717) is 12.8 Å². The summed E-state index contributed by atoms with van der Waals surface area (Å²) in [6, 6.07) is -1.01. The molecule has 0 spiro atoms. The van der Waals surface area contributed by atoms with Gasteiger partial charge in [-0.1, -0.05) is 0 Å². The van der Waals surface area contributed by atoms with E-state index in [0.717, 1.165) is 4.90 Å². The number of carboxylic acids is 1. The van der Waals surface area contributed by atoms with E-state index in [4.69, 9.17) is 5.11 Å². The summed E-state index contributed by atoms with van der Waals surface area (Å²) in [6.07, 6.45) is -3.78. The summed E-state index contributed by atoms with van der Waals surface area (Å²) in [5.74, 6) is -3.01. The van der Waals surface area contributed by atoms with Crippen LogP contribution in [0.4, 0.5) is 13.2 Å². The van der Waals surface area contributed by atoms with Gasteiger partial charge in [0, 0.05) is 6.54 Å². The first-order valence-corrected chi connectivity index (χ1v) is 6.06. The van der Waals surface area contributed by atoms with Crippen LogP contribution in [0.5, 0.6) is 0 Å². The Morgan fingerprint density at radius 2 is 1.90 bits per heavy atom. The van der Waals surface area contributed by atoms with Gasteiger partial charge in [-0.2, -0.15) is 13.2 Å². The highest BCUT2D eigenvalue weighted by Gasteiger charge is 2.33. The van der Waals surface area contributed by atoms with Crippen molar-refractivity contribution in [1.82, 2.24) is 10.2 Å². The molecule has 1 fully saturated rings. The first kappa shape index (κ1) is 16.3. The zero-order valence-corrected chi connectivity index (χ0v) is 10.6. The van der Waals surface area contributed by atoms with E-state index in [2.05, 4.69) is 0 Å². The summed E-state index contributed by atoms with van der Waals surface area (Å²) in [6.45, 7) is -1.32. The third kappa shape index (κ3) is 5.06. The minimum atomic E-state index is -4.55. The van der Waals surface area contributed by atoms with E-state index < -0.39 is 43.0 Å². The maximum atomic E-state index is 11.9. The van der Waals surface area contributed by atoms with Crippen molar-refractivity contribution in [1.29, 1.82) is 0 Å². The molecule has 1 aliphatic rings. The van der Waals surface area contributed by atoms with Crippen molar-refractivity contribution in [3.05, 3.63) is 0 Å². The van der Waals surface area contributed by atoms with Crippen LogP contribution in [0.15, 0.2) is 0 Å². The van der Waals surface area contributed by atoms with E-state index in [1.165, 1.54) is 0 Å². The van der Waals surface area contributed by atoms with Gasteiger partial charge in [0.2, 0.25) is 11.8 Å². The summed E-state index contributed by atoms with van der Waals surface area (Å²) < 4.78 is 35.7. The molecule has 0 aliphatic carbocycles. The number of nitrogens with one attached hydrogen (secondary N) is 1. The number of piperidine rings is 1. The minimum Gasteiger partial charge on any atom is -0.480 e. The Morgan fingerprint density at radius 1 is 1.25 bits per heavy atom. The highest BCUT2D eigenvalue weighted by molar-refractivity contribution is 5.98. The predicted molar refractivity (Wildman–Crippen MR) is 60.7 cm³/mol. The van der Waals surface area contributed by atoms with Gasteiger partial charge in [-0.15, -0.1) is 0 Å². The molecule has 1 aliphatic heterocycles. The van der Waals surface area contributed by atoms with E-state index in [1.807, 2.05) is 0 Å². The van der Waals surface area contributed by atoms with Gasteiger partial charge in [-0.05, 0) is 19.3 Å². The van der Waals surface area contributed by atoms with Crippen LogP contribution in [0.1, 0.15) is 25.7 Å². The van der Waals surface area contributed by atoms with Gasteiger partial charge in [0.15, 0.2) is 0 Å². The maximum Gasteiger partial charge on any atom is 0.405 e. The van der Waals surface area contributed by atoms with Crippen LogP contribution >= 0.6 is 0 Å². The maximum absolute atomic E-state index is 11.9. The molecule has 0 aromatic heterocycles. The molecular formula is C11H15F3N2O4. The monoisotopic (exact) mass is 296 g/mol. The van der Waals surface area contributed by atoms with Gasteiger partial charge < -0.3 is 15.3 Å². The van der Waals surface area contributed by atoms with Gasteiger partial charge in [0.1, 0.15) is 19.0 Å². The van der Waals surface area contributed by atoms with Crippen molar-refractivity contribution in [2.45, 2.75) is 37.9 Å². The van der Waals surface area contributed by atoms with Crippen molar-refractivity contribution in [3.8, 4) is 0 Å². The lowest BCUT2D eigenvalue weighted by Crippen LogP contribution is -2.49. The van der Waals surface area contributed by atoms with E-state index >= 15 is 0 Å². The lowest BCUT2D eigenvalue weighted by molar-refractivity contribution is -0.153. The minimum absolute atomic E-state index is 0.197. The molecule has 1 saturated heterocycles. The van der Waals surface area contributed by atoms with Crippen molar-refractivity contribution in [3.63, 3.8) is 0 Å². The van der Waals surface area contributed by atoms with E-state index in [-0.39, 0.29) is 13.0 Å². The largest absolute Gasteiger partial charge is 0.480 e. The van der Waals surface area contributed by atoms with Crippen LogP contribution in [-0.4, -0.2) is 53.1 Å². The Labute approximate surface area is 112 Å². The molecular weight excluding hydrogens is 281 g/mol. The molecule has 6 nitrogen and oxygen atoms in total. The summed E-state index contributed by atoms with van der Waals surface area (Å²) >= 11 is 0. The van der Waals surface area contributed by atoms with Crippen LogP contribution in [-0.2, 0) is 14.4 Å². The highest BCUT2D eigenvalue weighted by Crippen LogP contribution is 2.18. The van der Waals surface area contributed by atoms with Gasteiger partial charge in [-0.3, -0.25) is 9.59 Å². The second-order valence-corrected chi connectivity index (χ2v) is 4.51. The number of halogens is 3. The fourth-order valence-corrected chi connectivity index (χ4v) is 1.99. The van der Waals surface area contributed by atoms with Gasteiger partial charge in [0.05, 0.1) is 0 Å². The predicted octanol–water partition coefficient (Wildman–Crippen LogP) is 0.521. The first-order valence-electron chi connectivity index (χ1n) is 6.06. The number of alkyl halides is 3. The van der Waals surface area contributed by atoms with Crippen LogP contribution in [0.25, 0.3) is 0 Å². The number of aliphatic carboxylic acids is 1. The van der Waals surface area contributed by atoms with Gasteiger partial charge >= 0.3 is 12.1 Å². The van der Waals surface area contributed by atoms with E-state index in [1.54, 1.807) is 5.32 Å². The van der Waals surface area contributed by atoms with Crippen molar-refractivity contribution >= 4 is 17.8 Å². The molecule has 0 radical (unpaired) electrons. The number of carboxylic acid groups (broad SMARTS) is 1. The second-order valence-electron chi connectivity index (χ2n) is 4.51. The normalized spacial score (nSPS) is 19.6. The number of amides is 2. The fraction of sp³-hybridized carbons (Fsp3) is 0.727. The Balaban J connectivity index is 2.52. The standard InChI is InChI=1S/C11H15F3N2O4/c12-11(13,14)6-15-8(17)5-9(18)16-4-2-1-3-7(16)10(19)20/h7H,1-6H2,(H,15,17)(H,19,20)/t7-/m1/s1. The Kier molecular flexibility index (Phi) is 5.34. The molecule has 0 saturated carbocycles. The molecule has 0 aromatic rings. The van der Waals surface area contributed by atoms with Crippen molar-refractivity contribution in [2.75, 3.05) is 13.1 Å². The van der Waals surface area contributed by atoms with Crippen LogP contribution < -0.4 is 5.32 Å². The lowest BCUT2D eigenvalue weighted by atomic mass is 10.0. The summed E-state index contributed by atoms with van der Waals surface area (Å²) in [7, 11) is 0. The topological polar surface area (TPSA) is 86.7 Å². The Bertz CT molecular complexity index is 398. The van der Waals surface area contributed by atoms with Crippen molar-refractivity contribution in [2.24, 2.45) is 0 Å².